The van der Waals surface area contributed by atoms with Gasteiger partial charge in [0.1, 0.15) is 5.54 Å². The number of nitrogens with one attached hydrogen (secondary N) is 1. The first-order chi connectivity index (χ1) is 8.17. The summed E-state index contributed by atoms with van der Waals surface area (Å²) in [7, 11) is 0. The molecule has 3 heteroatoms. The first-order valence-electron chi connectivity index (χ1n) is 6.12. The summed E-state index contributed by atoms with van der Waals surface area (Å²) in [4.78, 5) is 0. The van der Waals surface area contributed by atoms with Crippen LogP contribution in [0.4, 0.5) is 5.69 Å². The largest absolute Gasteiger partial charge is 0.367 e. The highest BCUT2D eigenvalue weighted by Gasteiger charge is 2.38. The zero-order chi connectivity index (χ0) is 12.3. The van der Waals surface area contributed by atoms with E-state index in [2.05, 4.69) is 18.3 Å². The van der Waals surface area contributed by atoms with Crippen LogP contribution in [0.25, 0.3) is 0 Å². The normalized spacial score (nSPS) is 27.7. The van der Waals surface area contributed by atoms with Crippen LogP contribution < -0.4 is 5.32 Å². The monoisotopic (exact) mass is 248 g/mol. The lowest BCUT2D eigenvalue weighted by Gasteiger charge is -2.24. The Morgan fingerprint density at radius 3 is 3.00 bits per heavy atom. The topological polar surface area (TPSA) is 35.8 Å². The van der Waals surface area contributed by atoms with Gasteiger partial charge in [-0.15, -0.1) is 0 Å². The van der Waals surface area contributed by atoms with Gasteiger partial charge in [0.05, 0.1) is 6.07 Å². The number of anilines is 1. The number of nitriles is 1. The van der Waals surface area contributed by atoms with E-state index in [0.717, 1.165) is 31.4 Å². The summed E-state index contributed by atoms with van der Waals surface area (Å²) in [5.74, 6) is 0.668. The molecule has 2 rings (SSSR count). The average molecular weight is 249 g/mol. The highest BCUT2D eigenvalue weighted by molar-refractivity contribution is 6.30. The Bertz CT molecular complexity index is 438. The minimum Gasteiger partial charge on any atom is -0.367 e. The molecular weight excluding hydrogens is 232 g/mol. The van der Waals surface area contributed by atoms with Crippen molar-refractivity contribution in [3.05, 3.63) is 29.3 Å². The summed E-state index contributed by atoms with van der Waals surface area (Å²) in [6.07, 6.45) is 4.15. The van der Waals surface area contributed by atoms with Gasteiger partial charge in [-0.3, -0.25) is 0 Å². The maximum Gasteiger partial charge on any atom is 0.125 e. The summed E-state index contributed by atoms with van der Waals surface area (Å²) in [6.45, 7) is 2.19. The van der Waals surface area contributed by atoms with E-state index in [1.807, 2.05) is 24.3 Å². The second kappa shape index (κ2) is 4.98. The molecule has 0 bridgehead atoms. The van der Waals surface area contributed by atoms with Crippen molar-refractivity contribution in [2.24, 2.45) is 5.92 Å². The number of hydrogen-bond donors (Lipinski definition) is 1. The molecule has 2 nitrogen and oxygen atoms in total. The van der Waals surface area contributed by atoms with E-state index in [1.54, 1.807) is 0 Å². The lowest BCUT2D eigenvalue weighted by atomic mass is 9.96. The highest BCUT2D eigenvalue weighted by atomic mass is 35.5. The minimum atomic E-state index is -0.397. The van der Waals surface area contributed by atoms with Crippen LogP contribution in [0.1, 0.15) is 32.6 Å². The zero-order valence-corrected chi connectivity index (χ0v) is 10.8. The molecular formula is C14H17ClN2. The van der Waals surface area contributed by atoms with E-state index in [9.17, 15) is 5.26 Å². The quantitative estimate of drug-likeness (QED) is 0.869. The predicted octanol–water partition coefficient (Wildman–Crippen LogP) is 4.22. The fraction of sp³-hybridized carbons (Fsp3) is 0.500. The first kappa shape index (κ1) is 12.3. The fourth-order valence-corrected chi connectivity index (χ4v) is 2.77. The van der Waals surface area contributed by atoms with Crippen molar-refractivity contribution >= 4 is 17.3 Å². The van der Waals surface area contributed by atoms with Crippen LogP contribution in [-0.2, 0) is 0 Å². The summed E-state index contributed by atoms with van der Waals surface area (Å²) in [5.41, 5.74) is 0.543. The van der Waals surface area contributed by atoms with Crippen molar-refractivity contribution in [3.63, 3.8) is 0 Å². The van der Waals surface area contributed by atoms with Crippen molar-refractivity contribution < 1.29 is 0 Å². The third-order valence-corrected chi connectivity index (χ3v) is 3.85. The zero-order valence-electron chi connectivity index (χ0n) is 10.0. The van der Waals surface area contributed by atoms with E-state index in [4.69, 9.17) is 11.6 Å². The van der Waals surface area contributed by atoms with Crippen molar-refractivity contribution in [2.45, 2.75) is 38.1 Å². The van der Waals surface area contributed by atoms with Gasteiger partial charge in [-0.25, -0.2) is 0 Å². The summed E-state index contributed by atoms with van der Waals surface area (Å²) < 4.78 is 0. The summed E-state index contributed by atoms with van der Waals surface area (Å²) >= 11 is 5.95. The molecule has 17 heavy (non-hydrogen) atoms. The van der Waals surface area contributed by atoms with E-state index >= 15 is 0 Å². The van der Waals surface area contributed by atoms with Gasteiger partial charge in [0.2, 0.25) is 0 Å². The Hall–Kier alpha value is -1.20. The van der Waals surface area contributed by atoms with Gasteiger partial charge in [0.25, 0.3) is 0 Å². The Kier molecular flexibility index (Phi) is 3.59. The molecule has 2 unspecified atom stereocenters. The number of nitrogens with zero attached hydrogens (tertiary/aromatic N) is 1. The van der Waals surface area contributed by atoms with E-state index in [-0.39, 0.29) is 0 Å². The molecule has 0 spiro atoms. The maximum absolute atomic E-state index is 9.41. The molecule has 1 aromatic rings. The second-order valence-electron chi connectivity index (χ2n) is 4.85. The lowest BCUT2D eigenvalue weighted by molar-refractivity contribution is 0.503. The van der Waals surface area contributed by atoms with Gasteiger partial charge >= 0.3 is 0 Å². The van der Waals surface area contributed by atoms with Crippen LogP contribution >= 0.6 is 11.6 Å². The van der Waals surface area contributed by atoms with Gasteiger partial charge < -0.3 is 5.32 Å². The standard InChI is InChI=1S/C14H17ClN2/c1-2-11-6-7-14(9-11,10-16)17-13-5-3-4-12(15)8-13/h3-5,8,11,17H,2,6-7,9H2,1H3. The van der Waals surface area contributed by atoms with E-state index < -0.39 is 5.54 Å². The smallest absolute Gasteiger partial charge is 0.125 e. The molecule has 1 N–H and O–H groups in total. The van der Waals surface area contributed by atoms with Crippen LogP contribution in [0.15, 0.2) is 24.3 Å². The van der Waals surface area contributed by atoms with Crippen molar-refractivity contribution in [3.8, 4) is 6.07 Å². The summed E-state index contributed by atoms with van der Waals surface area (Å²) in [5, 5.41) is 13.5. The van der Waals surface area contributed by atoms with E-state index in [1.165, 1.54) is 0 Å². The molecule has 0 saturated heterocycles. The van der Waals surface area contributed by atoms with E-state index in [0.29, 0.717) is 10.9 Å². The van der Waals surface area contributed by atoms with Crippen molar-refractivity contribution in [1.82, 2.24) is 0 Å². The third-order valence-electron chi connectivity index (χ3n) is 3.62. The second-order valence-corrected chi connectivity index (χ2v) is 5.28. The average Bonchev–Trinajstić information content (AvgIpc) is 2.73. The van der Waals surface area contributed by atoms with Crippen LogP contribution in [0.3, 0.4) is 0 Å². The lowest BCUT2D eigenvalue weighted by Crippen LogP contribution is -2.33. The molecule has 90 valence electrons. The Labute approximate surface area is 108 Å². The Morgan fingerprint density at radius 1 is 1.59 bits per heavy atom. The fourth-order valence-electron chi connectivity index (χ4n) is 2.58. The molecule has 0 amide bonds. The molecule has 1 saturated carbocycles. The third kappa shape index (κ3) is 2.73. The molecule has 1 aliphatic carbocycles. The number of hydrogen-bond acceptors (Lipinski definition) is 2. The first-order valence-corrected chi connectivity index (χ1v) is 6.50. The molecule has 0 radical (unpaired) electrons. The maximum atomic E-state index is 9.41. The Morgan fingerprint density at radius 2 is 2.41 bits per heavy atom. The van der Waals surface area contributed by atoms with Crippen LogP contribution in [0, 0.1) is 17.2 Å². The molecule has 1 aromatic carbocycles. The molecule has 0 heterocycles. The van der Waals surface area contributed by atoms with Gasteiger partial charge in [0, 0.05) is 10.7 Å². The predicted molar refractivity (Wildman–Crippen MR) is 71.1 cm³/mol. The molecule has 2 atom stereocenters. The van der Waals surface area contributed by atoms with Gasteiger partial charge in [-0.1, -0.05) is 31.0 Å². The molecule has 1 fully saturated rings. The molecule has 0 aliphatic heterocycles. The number of halogens is 1. The van der Waals surface area contributed by atoms with Crippen molar-refractivity contribution in [1.29, 1.82) is 5.26 Å². The SMILES string of the molecule is CCC1CCC(C#N)(Nc2cccc(Cl)c2)C1. The number of rotatable bonds is 3. The van der Waals surface area contributed by atoms with Gasteiger partial charge in [0.15, 0.2) is 0 Å². The number of benzene rings is 1. The minimum absolute atomic E-state index is 0.397. The van der Waals surface area contributed by atoms with Crippen LogP contribution in [0.5, 0.6) is 0 Å². The van der Waals surface area contributed by atoms with Crippen LogP contribution in [-0.4, -0.2) is 5.54 Å². The van der Waals surface area contributed by atoms with Gasteiger partial charge in [-0.2, -0.15) is 5.26 Å². The van der Waals surface area contributed by atoms with Crippen molar-refractivity contribution in [2.75, 3.05) is 5.32 Å². The van der Waals surface area contributed by atoms with Gasteiger partial charge in [-0.05, 0) is 43.4 Å². The summed E-state index contributed by atoms with van der Waals surface area (Å²) in [6, 6.07) is 10.0. The van der Waals surface area contributed by atoms with Crippen LogP contribution in [0.2, 0.25) is 5.02 Å². The Balaban J connectivity index is 2.14. The highest BCUT2D eigenvalue weighted by Crippen LogP contribution is 2.38. The molecule has 1 aliphatic rings. The molecule has 0 aromatic heterocycles.